The predicted molar refractivity (Wildman–Crippen MR) is 46.6 cm³/mol. The Hall–Kier alpha value is -0.570. The monoisotopic (exact) mass is 164 g/mol. The van der Waals surface area contributed by atoms with Crippen LogP contribution in [0.25, 0.3) is 0 Å². The van der Waals surface area contributed by atoms with E-state index in [1.54, 1.807) is 13.8 Å². The van der Waals surface area contributed by atoms with Crippen molar-refractivity contribution >= 4 is 5.97 Å². The van der Waals surface area contributed by atoms with Gasteiger partial charge in [0, 0.05) is 7.11 Å². The molecule has 70 valence electrons. The van der Waals surface area contributed by atoms with Crippen LogP contribution >= 0.6 is 0 Å². The highest BCUT2D eigenvalue weighted by Crippen LogP contribution is 1.90. The molecule has 0 rings (SSSR count). The lowest BCUT2D eigenvalue weighted by Crippen LogP contribution is -2.21. The zero-order chi connectivity index (χ0) is 7.28. The summed E-state index contributed by atoms with van der Waals surface area (Å²) in [5.41, 5.74) is 0. The van der Waals surface area contributed by atoms with Crippen molar-refractivity contribution in [2.24, 2.45) is 0 Å². The van der Waals surface area contributed by atoms with Crippen molar-refractivity contribution in [1.82, 2.24) is 0 Å². The molecule has 0 N–H and O–H groups in total. The van der Waals surface area contributed by atoms with E-state index in [4.69, 9.17) is 0 Å². The summed E-state index contributed by atoms with van der Waals surface area (Å²) in [4.78, 5) is 10.6. The molecule has 0 saturated heterocycles. The molecule has 0 fully saturated rings. The molecule has 0 radical (unpaired) electrons. The number of hydrogen-bond donors (Lipinski definition) is 0. The maximum atomic E-state index is 10.6. The molecule has 0 aromatic rings. The summed E-state index contributed by atoms with van der Waals surface area (Å²) in [5.74, 6) is -0.306. The zero-order valence-electron chi connectivity index (χ0n) is 6.01. The Balaban J connectivity index is -0.000000320. The Morgan fingerprint density at radius 3 is 2.18 bits per heavy atom. The third-order valence-corrected chi connectivity index (χ3v) is 0.972. The molecule has 11 heavy (non-hydrogen) atoms. The van der Waals surface area contributed by atoms with Crippen molar-refractivity contribution in [3.8, 4) is 0 Å². The fourth-order valence-electron chi connectivity index (χ4n) is 0.356. The van der Waals surface area contributed by atoms with Crippen molar-refractivity contribution in [2.75, 3.05) is 13.7 Å². The summed E-state index contributed by atoms with van der Waals surface area (Å²) >= 11 is 0. The summed E-state index contributed by atoms with van der Waals surface area (Å²) in [7, 11) is 1.47. The van der Waals surface area contributed by atoms with Gasteiger partial charge in [-0.2, -0.15) is 0 Å². The van der Waals surface area contributed by atoms with Gasteiger partial charge in [0.25, 0.3) is 0 Å². The van der Waals surface area contributed by atoms with Gasteiger partial charge in [-0.3, -0.25) is 0 Å². The van der Waals surface area contributed by atoms with E-state index in [2.05, 4.69) is 9.47 Å². The quantitative estimate of drug-likeness (QED) is 0.597. The van der Waals surface area contributed by atoms with Crippen LogP contribution in [-0.4, -0.2) is 25.8 Å². The van der Waals surface area contributed by atoms with Gasteiger partial charge in [-0.25, -0.2) is 4.79 Å². The van der Waals surface area contributed by atoms with Crippen LogP contribution in [0.15, 0.2) is 0 Å². The van der Waals surface area contributed by atoms with Crippen molar-refractivity contribution in [1.29, 1.82) is 0 Å². The Labute approximate surface area is 69.7 Å². The van der Waals surface area contributed by atoms with E-state index in [0.717, 1.165) is 0 Å². The number of ether oxygens (including phenoxy) is 2. The SMILES string of the molecule is C.C.CCOC(=O)C(C)OC. The highest BCUT2D eigenvalue weighted by atomic mass is 16.6. The fourth-order valence-corrected chi connectivity index (χ4v) is 0.356. The third-order valence-electron chi connectivity index (χ3n) is 0.972. The predicted octanol–water partition coefficient (Wildman–Crippen LogP) is 1.86. The molecule has 0 aliphatic rings. The summed E-state index contributed by atoms with van der Waals surface area (Å²) < 4.78 is 9.32. The second kappa shape index (κ2) is 9.43. The topological polar surface area (TPSA) is 35.5 Å². The lowest BCUT2D eigenvalue weighted by molar-refractivity contribution is -0.153. The second-order valence-corrected chi connectivity index (χ2v) is 1.63. The van der Waals surface area contributed by atoms with E-state index in [9.17, 15) is 4.79 Å². The Bertz CT molecular complexity index is 91.3. The van der Waals surface area contributed by atoms with Crippen LogP contribution in [0.5, 0.6) is 0 Å². The fraction of sp³-hybridized carbons (Fsp3) is 0.875. The molecule has 0 saturated carbocycles. The van der Waals surface area contributed by atoms with Crippen LogP contribution in [0, 0.1) is 0 Å². The first-order valence-corrected chi connectivity index (χ1v) is 2.91. The zero-order valence-corrected chi connectivity index (χ0v) is 6.01. The molecule has 0 spiro atoms. The highest BCUT2D eigenvalue weighted by Gasteiger charge is 2.10. The van der Waals surface area contributed by atoms with Crippen molar-refractivity contribution in [2.45, 2.75) is 34.8 Å². The number of carbonyl (C=O) groups excluding carboxylic acids is 1. The van der Waals surface area contributed by atoms with Gasteiger partial charge in [0.2, 0.25) is 0 Å². The lowest BCUT2D eigenvalue weighted by atomic mass is 10.4. The molecule has 0 heterocycles. The van der Waals surface area contributed by atoms with Gasteiger partial charge in [0.15, 0.2) is 6.10 Å². The third kappa shape index (κ3) is 7.33. The molecule has 3 heteroatoms. The average molecular weight is 164 g/mol. The molecular weight excluding hydrogens is 144 g/mol. The van der Waals surface area contributed by atoms with Gasteiger partial charge < -0.3 is 9.47 Å². The normalized spacial score (nSPS) is 10.5. The summed E-state index contributed by atoms with van der Waals surface area (Å²) in [5, 5.41) is 0. The minimum Gasteiger partial charge on any atom is -0.464 e. The lowest BCUT2D eigenvalue weighted by Gasteiger charge is -2.06. The maximum Gasteiger partial charge on any atom is 0.334 e. The molecule has 0 aromatic heterocycles. The minimum absolute atomic E-state index is 0. The number of hydrogen-bond acceptors (Lipinski definition) is 3. The van der Waals surface area contributed by atoms with E-state index < -0.39 is 6.10 Å². The molecule has 0 amide bonds. The first kappa shape index (κ1) is 16.8. The molecule has 0 aromatic carbocycles. The number of carbonyl (C=O) groups is 1. The first-order valence-electron chi connectivity index (χ1n) is 2.91. The Morgan fingerprint density at radius 2 is 1.91 bits per heavy atom. The maximum absolute atomic E-state index is 10.6. The van der Waals surface area contributed by atoms with Gasteiger partial charge in [0.1, 0.15) is 0 Å². The van der Waals surface area contributed by atoms with E-state index in [0.29, 0.717) is 6.61 Å². The Morgan fingerprint density at radius 1 is 1.45 bits per heavy atom. The largest absolute Gasteiger partial charge is 0.464 e. The smallest absolute Gasteiger partial charge is 0.334 e. The van der Waals surface area contributed by atoms with E-state index >= 15 is 0 Å². The van der Waals surface area contributed by atoms with Crippen LogP contribution in [0.4, 0.5) is 0 Å². The minimum atomic E-state index is -0.440. The van der Waals surface area contributed by atoms with Gasteiger partial charge >= 0.3 is 5.97 Å². The second-order valence-electron chi connectivity index (χ2n) is 1.63. The summed E-state index contributed by atoms with van der Waals surface area (Å²) in [6, 6.07) is 0. The number of rotatable bonds is 3. The number of esters is 1. The molecular formula is C8H20O3. The van der Waals surface area contributed by atoms with Crippen molar-refractivity contribution in [3.05, 3.63) is 0 Å². The summed E-state index contributed by atoms with van der Waals surface area (Å²) in [6.45, 7) is 3.82. The summed E-state index contributed by atoms with van der Waals surface area (Å²) in [6.07, 6.45) is -0.440. The molecule has 0 aliphatic carbocycles. The van der Waals surface area contributed by atoms with Gasteiger partial charge in [-0.05, 0) is 13.8 Å². The van der Waals surface area contributed by atoms with Crippen molar-refractivity contribution in [3.63, 3.8) is 0 Å². The van der Waals surface area contributed by atoms with Crippen molar-refractivity contribution < 1.29 is 14.3 Å². The van der Waals surface area contributed by atoms with E-state index in [-0.39, 0.29) is 20.8 Å². The first-order chi connectivity index (χ1) is 4.22. The van der Waals surface area contributed by atoms with Crippen LogP contribution < -0.4 is 0 Å². The molecule has 0 aliphatic heterocycles. The molecule has 1 unspecified atom stereocenters. The molecule has 1 atom stereocenters. The standard InChI is InChI=1S/C6H12O3.2CH4/c1-4-9-6(7)5(2)8-3;;/h5H,4H2,1-3H3;2*1H4. The number of methoxy groups -OCH3 is 1. The van der Waals surface area contributed by atoms with Gasteiger partial charge in [-0.1, -0.05) is 14.9 Å². The van der Waals surface area contributed by atoms with Crippen LogP contribution in [0.1, 0.15) is 28.7 Å². The van der Waals surface area contributed by atoms with Gasteiger partial charge in [0.05, 0.1) is 6.61 Å². The van der Waals surface area contributed by atoms with Crippen LogP contribution in [0.3, 0.4) is 0 Å². The highest BCUT2D eigenvalue weighted by molar-refractivity contribution is 5.74. The molecule has 3 nitrogen and oxygen atoms in total. The van der Waals surface area contributed by atoms with E-state index in [1.807, 2.05) is 0 Å². The molecule has 0 bridgehead atoms. The average Bonchev–Trinajstić information content (AvgIpc) is 1.87. The van der Waals surface area contributed by atoms with E-state index in [1.165, 1.54) is 7.11 Å². The van der Waals surface area contributed by atoms with Gasteiger partial charge in [-0.15, -0.1) is 0 Å². The van der Waals surface area contributed by atoms with Crippen LogP contribution in [-0.2, 0) is 14.3 Å². The Kier molecular flexibility index (Phi) is 14.4. The van der Waals surface area contributed by atoms with Crippen LogP contribution in [0.2, 0.25) is 0 Å².